The summed E-state index contributed by atoms with van der Waals surface area (Å²) in [6.07, 6.45) is -1.71. The zero-order valence-electron chi connectivity index (χ0n) is 28.7. The molecule has 0 aromatic heterocycles. The quantitative estimate of drug-likeness (QED) is 0.133. The lowest BCUT2D eigenvalue weighted by atomic mass is 10.0. The first kappa shape index (κ1) is 42.0. The molecule has 2 atom stereocenters. The Morgan fingerprint density at radius 2 is 1.45 bits per heavy atom. The minimum atomic E-state index is -4.30. The predicted molar refractivity (Wildman–Crippen MR) is 196 cm³/mol. The first-order chi connectivity index (χ1) is 24.2. The minimum Gasteiger partial charge on any atom is -0.445 e. The summed E-state index contributed by atoms with van der Waals surface area (Å²) in [5.74, 6) is -1.34. The van der Waals surface area contributed by atoms with Crippen LogP contribution in [0.4, 0.5) is 4.79 Å². The van der Waals surface area contributed by atoms with Gasteiger partial charge < -0.3 is 29.7 Å². The summed E-state index contributed by atoms with van der Waals surface area (Å²) in [5, 5.41) is 5.66. The molecule has 0 aliphatic carbocycles. The second-order valence-electron chi connectivity index (χ2n) is 11.5. The van der Waals surface area contributed by atoms with E-state index in [9.17, 15) is 22.8 Å². The minimum absolute atomic E-state index is 0.0135. The average molecular weight is 786 g/mol. The number of carbonyl (C=O) groups is 3. The molecule has 0 bridgehead atoms. The molecule has 0 radical (unpaired) electrons. The fraction of sp³-hybridized carbons (Fsp3) is 0.400. The van der Waals surface area contributed by atoms with E-state index in [0.717, 1.165) is 0 Å². The zero-order valence-corrected chi connectivity index (χ0v) is 31.8. The van der Waals surface area contributed by atoms with Crippen LogP contribution in [-0.4, -0.2) is 81.9 Å². The van der Waals surface area contributed by atoms with Gasteiger partial charge in [0.25, 0.3) is 0 Å². The van der Waals surface area contributed by atoms with Crippen LogP contribution >= 0.6 is 34.8 Å². The number of benzene rings is 3. The number of nitrogens with zero attached hydrogens (tertiary/aromatic N) is 1. The van der Waals surface area contributed by atoms with Crippen molar-refractivity contribution in [2.24, 2.45) is 0 Å². The van der Waals surface area contributed by atoms with Crippen molar-refractivity contribution in [3.05, 3.63) is 99.0 Å². The largest absolute Gasteiger partial charge is 0.445 e. The second kappa shape index (κ2) is 20.6. The molecule has 3 aromatic rings. The van der Waals surface area contributed by atoms with Gasteiger partial charge in [-0.05, 0) is 69.2 Å². The first-order valence-corrected chi connectivity index (χ1v) is 18.9. The van der Waals surface area contributed by atoms with Crippen molar-refractivity contribution < 1.29 is 37.0 Å². The van der Waals surface area contributed by atoms with Crippen molar-refractivity contribution in [1.82, 2.24) is 20.3 Å². The van der Waals surface area contributed by atoms with Crippen molar-refractivity contribution in [3.63, 3.8) is 0 Å². The molecule has 51 heavy (non-hydrogen) atoms. The molecule has 0 fully saturated rings. The molecule has 0 aliphatic heterocycles. The lowest BCUT2D eigenvalue weighted by Crippen LogP contribution is -2.59. The number of hydrogen-bond donors (Lipinski definition) is 3. The number of amides is 3. The fourth-order valence-electron chi connectivity index (χ4n) is 4.89. The molecule has 278 valence electrons. The van der Waals surface area contributed by atoms with Gasteiger partial charge >= 0.3 is 6.09 Å². The monoisotopic (exact) mass is 784 g/mol. The topological polar surface area (TPSA) is 152 Å². The Bertz CT molecular complexity index is 1710. The summed E-state index contributed by atoms with van der Waals surface area (Å²) in [4.78, 5) is 42.4. The Kier molecular flexibility index (Phi) is 16.9. The third kappa shape index (κ3) is 13.6. The van der Waals surface area contributed by atoms with E-state index >= 15 is 0 Å². The lowest BCUT2D eigenvalue weighted by molar-refractivity contribution is -0.163. The number of alkyl carbamates (subject to hydrolysis) is 1. The number of nitrogens with one attached hydrogen (secondary N) is 3. The summed E-state index contributed by atoms with van der Waals surface area (Å²) in [5.41, 5.74) is 1.32. The van der Waals surface area contributed by atoms with Gasteiger partial charge in [0.2, 0.25) is 21.8 Å². The molecular formula is C35H43Cl3N4O8S. The van der Waals surface area contributed by atoms with Gasteiger partial charge in [-0.1, -0.05) is 77.3 Å². The normalized spacial score (nSPS) is 12.7. The molecule has 0 heterocycles. The van der Waals surface area contributed by atoms with Crippen LogP contribution in [0.15, 0.2) is 77.7 Å². The number of halogens is 3. The van der Waals surface area contributed by atoms with Gasteiger partial charge in [-0.25, -0.2) is 17.9 Å². The number of carbonyl (C=O) groups excluding carboxylic acids is 3. The smallest absolute Gasteiger partial charge is 0.408 e. The van der Waals surface area contributed by atoms with Gasteiger partial charge in [-0.3, -0.25) is 9.59 Å². The van der Waals surface area contributed by atoms with Gasteiger partial charge in [0.05, 0.1) is 11.6 Å². The Morgan fingerprint density at radius 3 is 2.06 bits per heavy atom. The Balaban J connectivity index is 1.93. The van der Waals surface area contributed by atoms with Crippen LogP contribution in [0.25, 0.3) is 0 Å². The highest BCUT2D eigenvalue weighted by atomic mass is 35.5. The van der Waals surface area contributed by atoms with Gasteiger partial charge in [0.15, 0.2) is 6.29 Å². The molecule has 3 amide bonds. The number of hydrogen-bond acceptors (Lipinski definition) is 8. The van der Waals surface area contributed by atoms with Crippen molar-refractivity contribution in [3.8, 4) is 0 Å². The highest BCUT2D eigenvalue weighted by Gasteiger charge is 2.33. The second-order valence-corrected chi connectivity index (χ2v) is 14.5. The van der Waals surface area contributed by atoms with E-state index in [4.69, 9.17) is 49.0 Å². The predicted octanol–water partition coefficient (Wildman–Crippen LogP) is 5.58. The van der Waals surface area contributed by atoms with E-state index in [2.05, 4.69) is 15.4 Å². The molecule has 16 heteroatoms. The van der Waals surface area contributed by atoms with Crippen LogP contribution in [0.5, 0.6) is 0 Å². The van der Waals surface area contributed by atoms with Crippen molar-refractivity contribution >= 4 is 62.7 Å². The molecule has 3 rings (SSSR count). The molecule has 0 spiro atoms. The maximum absolute atomic E-state index is 14.2. The Labute approximate surface area is 314 Å². The number of sulfonamides is 1. The lowest BCUT2D eigenvalue weighted by Gasteiger charge is -2.34. The van der Waals surface area contributed by atoms with Gasteiger partial charge in [-0.15, -0.1) is 0 Å². The van der Waals surface area contributed by atoms with Gasteiger partial charge in [0, 0.05) is 42.3 Å². The van der Waals surface area contributed by atoms with E-state index in [1.807, 2.05) is 27.7 Å². The molecule has 0 aliphatic rings. The molecule has 3 N–H and O–H groups in total. The van der Waals surface area contributed by atoms with E-state index in [-0.39, 0.29) is 40.6 Å². The zero-order chi connectivity index (χ0) is 37.6. The van der Waals surface area contributed by atoms with Crippen LogP contribution in [0.2, 0.25) is 15.1 Å². The molecule has 3 aromatic carbocycles. The maximum atomic E-state index is 14.2. The molecule has 2 unspecified atom stereocenters. The summed E-state index contributed by atoms with van der Waals surface area (Å²) in [7, 11) is -4.30. The van der Waals surface area contributed by atoms with Crippen molar-refractivity contribution in [1.29, 1.82) is 0 Å². The van der Waals surface area contributed by atoms with E-state index in [1.54, 1.807) is 54.6 Å². The van der Waals surface area contributed by atoms with Crippen LogP contribution in [-0.2, 0) is 46.9 Å². The summed E-state index contributed by atoms with van der Waals surface area (Å²) >= 11 is 18.3. The summed E-state index contributed by atoms with van der Waals surface area (Å²) in [6, 6.07) is 16.4. The van der Waals surface area contributed by atoms with E-state index in [1.165, 1.54) is 23.1 Å². The Morgan fingerprint density at radius 1 is 0.804 bits per heavy atom. The fourth-order valence-corrected chi connectivity index (χ4v) is 6.92. The van der Waals surface area contributed by atoms with E-state index < -0.39 is 52.8 Å². The highest BCUT2D eigenvalue weighted by molar-refractivity contribution is 7.89. The molecule has 0 saturated carbocycles. The third-order valence-electron chi connectivity index (χ3n) is 7.38. The van der Waals surface area contributed by atoms with Crippen LogP contribution < -0.4 is 15.4 Å². The maximum Gasteiger partial charge on any atom is 0.408 e. The molecular weight excluding hydrogens is 743 g/mol. The third-order valence-corrected chi connectivity index (χ3v) is 9.76. The molecule has 0 saturated heterocycles. The summed E-state index contributed by atoms with van der Waals surface area (Å²) in [6.45, 7) is 7.25. The highest BCUT2D eigenvalue weighted by Crippen LogP contribution is 2.25. The number of ether oxygens (including phenoxy) is 3. The van der Waals surface area contributed by atoms with Crippen molar-refractivity contribution in [2.75, 3.05) is 26.3 Å². The SMILES string of the molecule is CCOC(CN(C(=O)C(Cc1cccc(Cl)c1)NC(=O)C(CNS(=O)(=O)c1ccc(Cl)cc1Cl)NC(=O)OCc1ccccc1)C(C)C)OCC. The van der Waals surface area contributed by atoms with Crippen LogP contribution in [0, 0.1) is 0 Å². The average Bonchev–Trinajstić information content (AvgIpc) is 3.07. The van der Waals surface area contributed by atoms with Crippen LogP contribution in [0.1, 0.15) is 38.8 Å². The van der Waals surface area contributed by atoms with Gasteiger partial charge in [-0.2, -0.15) is 0 Å². The Hall–Kier alpha value is -3.43. The van der Waals surface area contributed by atoms with Crippen molar-refractivity contribution in [2.45, 2.75) is 70.0 Å². The van der Waals surface area contributed by atoms with E-state index in [0.29, 0.717) is 29.4 Å². The standard InChI is InChI=1S/C35H43Cl3N4O8S/c1-5-48-32(49-6-2)21-42(23(3)4)34(44)29(18-25-13-10-14-26(36)17-25)40-33(43)30(41-35(45)50-22-24-11-8-7-9-12-24)20-39-51(46,47)31-16-15-27(37)19-28(31)38/h7-17,19,23,29-30,32,39H,5-6,18,20-22H2,1-4H3,(H,40,43)(H,41,45). The molecule has 12 nitrogen and oxygen atoms in total. The first-order valence-electron chi connectivity index (χ1n) is 16.2. The number of rotatable bonds is 19. The van der Waals surface area contributed by atoms with Gasteiger partial charge in [0.1, 0.15) is 23.6 Å². The summed E-state index contributed by atoms with van der Waals surface area (Å²) < 4.78 is 45.5. The van der Waals surface area contributed by atoms with Crippen LogP contribution in [0.3, 0.4) is 0 Å².